The first-order valence-corrected chi connectivity index (χ1v) is 9.90. The quantitative estimate of drug-likeness (QED) is 0.511. The summed E-state index contributed by atoms with van der Waals surface area (Å²) in [6.07, 6.45) is 3.40. The summed E-state index contributed by atoms with van der Waals surface area (Å²) in [4.78, 5) is 17.4. The van der Waals surface area contributed by atoms with Crippen molar-refractivity contribution in [2.45, 2.75) is 25.7 Å². The van der Waals surface area contributed by atoms with Gasteiger partial charge < -0.3 is 9.84 Å². The minimum absolute atomic E-state index is 0.214. The van der Waals surface area contributed by atoms with Crippen LogP contribution in [0.2, 0.25) is 0 Å². The molecule has 0 saturated heterocycles. The Morgan fingerprint density at radius 1 is 1.27 bits per heavy atom. The van der Waals surface area contributed by atoms with Crippen LogP contribution in [0.1, 0.15) is 35.5 Å². The number of aromatic nitrogens is 2. The maximum absolute atomic E-state index is 13.0. The van der Waals surface area contributed by atoms with E-state index in [1.54, 1.807) is 11.3 Å². The molecule has 1 N–H and O–H groups in total. The van der Waals surface area contributed by atoms with Gasteiger partial charge >= 0.3 is 0 Å². The first-order valence-electron chi connectivity index (χ1n) is 8.23. The molecule has 0 atom stereocenters. The third kappa shape index (κ3) is 4.98. The summed E-state index contributed by atoms with van der Waals surface area (Å²) in [7, 11) is 0. The highest BCUT2D eigenvalue weighted by molar-refractivity contribution is 9.10. The molecule has 2 aromatic heterocycles. The molecule has 0 aliphatic rings. The number of thiophene rings is 1. The second-order valence-electron chi connectivity index (χ2n) is 5.68. The summed E-state index contributed by atoms with van der Waals surface area (Å²) in [6, 6.07) is 7.93. The Hall–Kier alpha value is -2.06. The van der Waals surface area contributed by atoms with Crippen LogP contribution in [-0.2, 0) is 6.42 Å². The maximum Gasteiger partial charge on any atom is 0.252 e. The number of hydrogen-bond acceptors (Lipinski definition) is 5. The topological polar surface area (TPSA) is 68.0 Å². The fraction of sp³-hybridized carbons (Fsp3) is 0.278. The van der Waals surface area contributed by atoms with E-state index in [2.05, 4.69) is 31.4 Å². The van der Waals surface area contributed by atoms with E-state index in [-0.39, 0.29) is 11.7 Å². The van der Waals surface area contributed by atoms with Gasteiger partial charge in [0, 0.05) is 17.4 Å². The Morgan fingerprint density at radius 3 is 2.92 bits per heavy atom. The van der Waals surface area contributed by atoms with E-state index in [9.17, 15) is 9.18 Å². The van der Waals surface area contributed by atoms with Crippen molar-refractivity contribution in [3.8, 4) is 10.7 Å². The fourth-order valence-corrected chi connectivity index (χ4v) is 3.59. The number of nitrogens with one attached hydrogen (secondary N) is 1. The van der Waals surface area contributed by atoms with Crippen LogP contribution in [0.15, 0.2) is 44.7 Å². The van der Waals surface area contributed by atoms with Crippen molar-refractivity contribution in [2.75, 3.05) is 6.54 Å². The normalized spacial score (nSPS) is 10.8. The monoisotopic (exact) mass is 437 g/mol. The number of amides is 1. The molecule has 26 heavy (non-hydrogen) atoms. The Labute approximate surface area is 162 Å². The highest BCUT2D eigenvalue weighted by Crippen LogP contribution is 2.21. The van der Waals surface area contributed by atoms with Crippen molar-refractivity contribution >= 4 is 33.2 Å². The van der Waals surface area contributed by atoms with Gasteiger partial charge in [-0.05, 0) is 58.4 Å². The molecule has 0 saturated carbocycles. The van der Waals surface area contributed by atoms with Gasteiger partial charge in [-0.2, -0.15) is 4.98 Å². The zero-order chi connectivity index (χ0) is 18.4. The molecule has 0 radical (unpaired) electrons. The lowest BCUT2D eigenvalue weighted by molar-refractivity contribution is 0.0952. The Bertz CT molecular complexity index is 867. The molecular formula is C18H17BrFN3O2S. The van der Waals surface area contributed by atoms with Gasteiger partial charge in [0.25, 0.3) is 5.91 Å². The van der Waals surface area contributed by atoms with Crippen LogP contribution in [0.4, 0.5) is 4.39 Å². The zero-order valence-electron chi connectivity index (χ0n) is 13.9. The van der Waals surface area contributed by atoms with Crippen LogP contribution in [0.3, 0.4) is 0 Å². The summed E-state index contributed by atoms with van der Waals surface area (Å²) < 4.78 is 18.8. The molecule has 3 aromatic rings. The van der Waals surface area contributed by atoms with Gasteiger partial charge in [-0.1, -0.05) is 17.6 Å². The summed E-state index contributed by atoms with van der Waals surface area (Å²) in [5, 5.41) is 8.80. The van der Waals surface area contributed by atoms with Crippen LogP contribution >= 0.6 is 27.3 Å². The summed E-state index contributed by atoms with van der Waals surface area (Å²) in [5.74, 6) is 0.672. The minimum atomic E-state index is -0.378. The number of carbonyl (C=O) groups excluding carboxylic acids is 1. The molecule has 0 aliphatic carbocycles. The predicted molar refractivity (Wildman–Crippen MR) is 102 cm³/mol. The van der Waals surface area contributed by atoms with E-state index in [4.69, 9.17) is 4.52 Å². The van der Waals surface area contributed by atoms with Crippen LogP contribution in [0.25, 0.3) is 10.7 Å². The van der Waals surface area contributed by atoms with Crippen molar-refractivity contribution in [3.05, 3.63) is 57.5 Å². The van der Waals surface area contributed by atoms with Gasteiger partial charge in [0.05, 0.1) is 10.4 Å². The summed E-state index contributed by atoms with van der Waals surface area (Å²) in [6.45, 7) is 0.562. The van der Waals surface area contributed by atoms with Crippen molar-refractivity contribution in [2.24, 2.45) is 0 Å². The lowest BCUT2D eigenvalue weighted by atomic mass is 10.2. The number of unbranched alkanes of at least 4 members (excludes halogenated alkanes) is 2. The SMILES string of the molecule is O=C(NCCCCCc1nc(-c2cccs2)no1)c1ccc(F)cc1Br. The van der Waals surface area contributed by atoms with Gasteiger partial charge in [0.2, 0.25) is 11.7 Å². The van der Waals surface area contributed by atoms with Gasteiger partial charge in [-0.15, -0.1) is 11.3 Å². The molecule has 3 rings (SSSR count). The van der Waals surface area contributed by atoms with E-state index in [0.29, 0.717) is 28.3 Å². The first kappa shape index (κ1) is 18.7. The summed E-state index contributed by atoms with van der Waals surface area (Å²) >= 11 is 4.78. The number of benzene rings is 1. The minimum Gasteiger partial charge on any atom is -0.352 e. The van der Waals surface area contributed by atoms with Crippen LogP contribution in [0.5, 0.6) is 0 Å². The molecular weight excluding hydrogens is 421 g/mol. The second kappa shape index (κ2) is 9.05. The molecule has 0 spiro atoms. The third-order valence-corrected chi connectivity index (χ3v) is 5.26. The van der Waals surface area contributed by atoms with Crippen LogP contribution in [-0.4, -0.2) is 22.6 Å². The number of rotatable bonds is 8. The van der Waals surface area contributed by atoms with Crippen LogP contribution < -0.4 is 5.32 Å². The fourth-order valence-electron chi connectivity index (χ4n) is 2.41. The van der Waals surface area contributed by atoms with Crippen molar-refractivity contribution in [1.82, 2.24) is 15.5 Å². The number of aryl methyl sites for hydroxylation is 1. The van der Waals surface area contributed by atoms with Gasteiger partial charge in [0.1, 0.15) is 5.82 Å². The average Bonchev–Trinajstić information content (AvgIpc) is 3.29. The second-order valence-corrected chi connectivity index (χ2v) is 7.48. The van der Waals surface area contributed by atoms with E-state index >= 15 is 0 Å². The number of nitrogens with zero attached hydrogens (tertiary/aromatic N) is 2. The van der Waals surface area contributed by atoms with Crippen molar-refractivity contribution in [1.29, 1.82) is 0 Å². The van der Waals surface area contributed by atoms with Gasteiger partial charge in [-0.25, -0.2) is 4.39 Å². The molecule has 136 valence electrons. The standard InChI is InChI=1S/C18H17BrFN3O2S/c19-14-11-12(20)7-8-13(14)18(24)21-9-3-1-2-6-16-22-17(23-25-16)15-5-4-10-26-15/h4-5,7-8,10-11H,1-3,6,9H2,(H,21,24). The molecule has 8 heteroatoms. The average molecular weight is 438 g/mol. The molecule has 5 nitrogen and oxygen atoms in total. The molecule has 0 fully saturated rings. The maximum atomic E-state index is 13.0. The molecule has 1 amide bonds. The molecule has 2 heterocycles. The van der Waals surface area contributed by atoms with E-state index in [0.717, 1.165) is 30.6 Å². The lowest BCUT2D eigenvalue weighted by Crippen LogP contribution is -2.24. The first-order chi connectivity index (χ1) is 12.6. The van der Waals surface area contributed by atoms with Gasteiger partial charge in [-0.3, -0.25) is 4.79 Å². The highest BCUT2D eigenvalue weighted by atomic mass is 79.9. The van der Waals surface area contributed by atoms with Crippen molar-refractivity contribution in [3.63, 3.8) is 0 Å². The summed E-state index contributed by atoms with van der Waals surface area (Å²) in [5.41, 5.74) is 0.429. The molecule has 0 bridgehead atoms. The molecule has 1 aromatic carbocycles. The number of halogens is 2. The van der Waals surface area contributed by atoms with Crippen molar-refractivity contribution < 1.29 is 13.7 Å². The highest BCUT2D eigenvalue weighted by Gasteiger charge is 2.11. The predicted octanol–water partition coefficient (Wildman–Crippen LogP) is 4.84. The van der Waals surface area contributed by atoms with E-state index < -0.39 is 0 Å². The third-order valence-electron chi connectivity index (χ3n) is 3.74. The van der Waals surface area contributed by atoms with Crippen LogP contribution in [0, 0.1) is 5.82 Å². The number of hydrogen-bond donors (Lipinski definition) is 1. The Balaban J connectivity index is 1.35. The van der Waals surface area contributed by atoms with E-state index in [1.165, 1.54) is 18.2 Å². The van der Waals surface area contributed by atoms with Gasteiger partial charge in [0.15, 0.2) is 0 Å². The lowest BCUT2D eigenvalue weighted by Gasteiger charge is -2.06. The number of carbonyl (C=O) groups is 1. The zero-order valence-corrected chi connectivity index (χ0v) is 16.3. The van der Waals surface area contributed by atoms with E-state index in [1.807, 2.05) is 17.5 Å². The molecule has 0 aliphatic heterocycles. The largest absolute Gasteiger partial charge is 0.352 e. The smallest absolute Gasteiger partial charge is 0.252 e. The Morgan fingerprint density at radius 2 is 2.15 bits per heavy atom. The molecule has 0 unspecified atom stereocenters. The Kier molecular flexibility index (Phi) is 6.51.